The fourth-order valence-electron chi connectivity index (χ4n) is 2.20. The molecule has 2 aromatic rings. The summed E-state index contributed by atoms with van der Waals surface area (Å²) in [4.78, 5) is 24.4. The number of benzene rings is 2. The second kappa shape index (κ2) is 9.65. The fourth-order valence-corrected chi connectivity index (χ4v) is 2.40. The molecule has 4 N–H and O–H groups in total. The number of carbonyl (C=O) groups is 2. The van der Waals surface area contributed by atoms with Crippen LogP contribution in [0.1, 0.15) is 32.7 Å². The zero-order chi connectivity index (χ0) is 18.9. The standard InChI is InChI=1S/C19H21N3O3S/c1-13-7-9-14(10-8-13)17(24)22-19(26)21-16-6-3-2-5-15(16)18(25)20-11-4-12-23/h2-3,5-10,23H,4,11-12H2,1H3,(H,20,25)(H2,21,22,24,26). The van der Waals surface area contributed by atoms with Gasteiger partial charge in [-0.15, -0.1) is 0 Å². The van der Waals surface area contributed by atoms with Gasteiger partial charge in [0, 0.05) is 18.7 Å². The molecule has 0 unspecified atom stereocenters. The van der Waals surface area contributed by atoms with Gasteiger partial charge in [0.05, 0.1) is 11.3 Å². The van der Waals surface area contributed by atoms with Gasteiger partial charge in [-0.1, -0.05) is 29.8 Å². The van der Waals surface area contributed by atoms with Crippen LogP contribution < -0.4 is 16.0 Å². The minimum atomic E-state index is -0.327. The van der Waals surface area contributed by atoms with Gasteiger partial charge >= 0.3 is 0 Å². The molecule has 0 aliphatic heterocycles. The van der Waals surface area contributed by atoms with Crippen LogP contribution in [0.5, 0.6) is 0 Å². The average Bonchev–Trinajstić information content (AvgIpc) is 2.62. The summed E-state index contributed by atoms with van der Waals surface area (Å²) in [7, 11) is 0. The largest absolute Gasteiger partial charge is 0.396 e. The monoisotopic (exact) mass is 371 g/mol. The Kier molecular flexibility index (Phi) is 7.25. The number of carbonyl (C=O) groups excluding carboxylic acids is 2. The number of amides is 2. The summed E-state index contributed by atoms with van der Waals surface area (Å²) in [6.07, 6.45) is 0.479. The quantitative estimate of drug-likeness (QED) is 0.462. The number of hydrogen-bond donors (Lipinski definition) is 4. The van der Waals surface area contributed by atoms with Gasteiger partial charge in [0.1, 0.15) is 0 Å². The highest BCUT2D eigenvalue weighted by Gasteiger charge is 2.13. The zero-order valence-electron chi connectivity index (χ0n) is 14.4. The van der Waals surface area contributed by atoms with Crippen molar-refractivity contribution in [2.45, 2.75) is 13.3 Å². The Bertz CT molecular complexity index is 791. The SMILES string of the molecule is Cc1ccc(C(=O)NC(=S)Nc2ccccc2C(=O)NCCCO)cc1. The summed E-state index contributed by atoms with van der Waals surface area (Å²) < 4.78 is 0. The van der Waals surface area contributed by atoms with Gasteiger partial charge in [0.15, 0.2) is 5.11 Å². The number of rotatable bonds is 6. The van der Waals surface area contributed by atoms with Crippen LogP contribution in [-0.2, 0) is 0 Å². The van der Waals surface area contributed by atoms with Crippen molar-refractivity contribution in [3.8, 4) is 0 Å². The lowest BCUT2D eigenvalue weighted by atomic mass is 10.1. The molecule has 0 saturated carbocycles. The van der Waals surface area contributed by atoms with E-state index in [0.717, 1.165) is 5.56 Å². The molecule has 0 fully saturated rings. The molecule has 26 heavy (non-hydrogen) atoms. The Hall–Kier alpha value is -2.77. The molecule has 2 rings (SSSR count). The van der Waals surface area contributed by atoms with Crippen molar-refractivity contribution in [2.24, 2.45) is 0 Å². The van der Waals surface area contributed by atoms with Crippen LogP contribution in [0.3, 0.4) is 0 Å². The minimum absolute atomic E-state index is 0.00923. The van der Waals surface area contributed by atoms with E-state index in [2.05, 4.69) is 16.0 Å². The summed E-state index contributed by atoms with van der Waals surface area (Å²) in [5.41, 5.74) is 2.44. The van der Waals surface area contributed by atoms with Crippen LogP contribution >= 0.6 is 12.2 Å². The van der Waals surface area contributed by atoms with Crippen molar-refractivity contribution in [1.82, 2.24) is 10.6 Å². The maximum Gasteiger partial charge on any atom is 0.257 e. The average molecular weight is 371 g/mol. The predicted octanol–water partition coefficient (Wildman–Crippen LogP) is 2.23. The van der Waals surface area contributed by atoms with Gasteiger partial charge in [-0.05, 0) is 49.8 Å². The Morgan fingerprint density at radius 2 is 1.73 bits per heavy atom. The molecule has 136 valence electrons. The molecule has 0 aliphatic rings. The second-order valence-corrected chi connectivity index (χ2v) is 6.06. The Labute approximate surface area is 157 Å². The molecule has 2 aromatic carbocycles. The molecule has 0 radical (unpaired) electrons. The maximum atomic E-state index is 12.2. The van der Waals surface area contributed by atoms with Crippen molar-refractivity contribution in [3.05, 3.63) is 65.2 Å². The minimum Gasteiger partial charge on any atom is -0.396 e. The van der Waals surface area contributed by atoms with Gasteiger partial charge in [-0.3, -0.25) is 14.9 Å². The van der Waals surface area contributed by atoms with E-state index < -0.39 is 0 Å². The van der Waals surface area contributed by atoms with E-state index in [4.69, 9.17) is 17.3 Å². The number of aliphatic hydroxyl groups is 1. The first-order valence-corrected chi connectivity index (χ1v) is 8.59. The molecule has 0 bridgehead atoms. The number of thiocarbonyl (C=S) groups is 1. The van der Waals surface area contributed by atoms with Crippen molar-refractivity contribution >= 4 is 34.8 Å². The van der Waals surface area contributed by atoms with E-state index in [1.807, 2.05) is 19.1 Å². The molecule has 0 aromatic heterocycles. The van der Waals surface area contributed by atoms with Crippen LogP contribution in [0.25, 0.3) is 0 Å². The summed E-state index contributed by atoms with van der Waals surface area (Å²) >= 11 is 5.18. The van der Waals surface area contributed by atoms with Crippen molar-refractivity contribution in [3.63, 3.8) is 0 Å². The van der Waals surface area contributed by atoms with Gasteiger partial charge in [0.2, 0.25) is 0 Å². The van der Waals surface area contributed by atoms with Gasteiger partial charge in [0.25, 0.3) is 11.8 Å². The molecular formula is C19H21N3O3S. The van der Waals surface area contributed by atoms with E-state index in [-0.39, 0.29) is 23.5 Å². The predicted molar refractivity (Wildman–Crippen MR) is 105 cm³/mol. The molecule has 0 aliphatic carbocycles. The van der Waals surface area contributed by atoms with Crippen LogP contribution in [0, 0.1) is 6.92 Å². The Morgan fingerprint density at radius 3 is 2.42 bits per heavy atom. The lowest BCUT2D eigenvalue weighted by Crippen LogP contribution is -2.35. The van der Waals surface area contributed by atoms with E-state index in [9.17, 15) is 9.59 Å². The third-order valence-corrected chi connectivity index (χ3v) is 3.79. The maximum absolute atomic E-state index is 12.2. The Morgan fingerprint density at radius 1 is 1.04 bits per heavy atom. The number of aryl methyl sites for hydroxylation is 1. The first-order chi connectivity index (χ1) is 12.5. The topological polar surface area (TPSA) is 90.5 Å². The summed E-state index contributed by atoms with van der Waals surface area (Å²) in [5, 5.41) is 17.1. The number of hydrogen-bond acceptors (Lipinski definition) is 4. The van der Waals surface area contributed by atoms with Crippen molar-refractivity contribution < 1.29 is 14.7 Å². The fraction of sp³-hybridized carbons (Fsp3) is 0.211. The number of para-hydroxylation sites is 1. The van der Waals surface area contributed by atoms with Crippen LogP contribution in [0.4, 0.5) is 5.69 Å². The number of anilines is 1. The lowest BCUT2D eigenvalue weighted by Gasteiger charge is -2.13. The summed E-state index contributed by atoms with van der Waals surface area (Å²) in [6, 6.07) is 14.0. The normalized spacial score (nSPS) is 10.1. The summed E-state index contributed by atoms with van der Waals surface area (Å²) in [6.45, 7) is 2.32. The molecule has 6 nitrogen and oxygen atoms in total. The third-order valence-electron chi connectivity index (χ3n) is 3.58. The summed E-state index contributed by atoms with van der Waals surface area (Å²) in [5.74, 6) is -0.610. The highest BCUT2D eigenvalue weighted by molar-refractivity contribution is 7.80. The van der Waals surface area contributed by atoms with Crippen LogP contribution in [0.2, 0.25) is 0 Å². The van der Waals surface area contributed by atoms with E-state index >= 15 is 0 Å². The highest BCUT2D eigenvalue weighted by Crippen LogP contribution is 2.15. The zero-order valence-corrected chi connectivity index (χ0v) is 15.2. The van der Waals surface area contributed by atoms with Gasteiger partial charge in [-0.25, -0.2) is 0 Å². The smallest absolute Gasteiger partial charge is 0.257 e. The highest BCUT2D eigenvalue weighted by atomic mass is 32.1. The van der Waals surface area contributed by atoms with E-state index in [1.165, 1.54) is 0 Å². The molecule has 7 heteroatoms. The van der Waals surface area contributed by atoms with Crippen LogP contribution in [0.15, 0.2) is 48.5 Å². The van der Waals surface area contributed by atoms with E-state index in [1.54, 1.807) is 36.4 Å². The molecule has 0 spiro atoms. The molecule has 0 saturated heterocycles. The molecule has 0 heterocycles. The second-order valence-electron chi connectivity index (χ2n) is 5.65. The van der Waals surface area contributed by atoms with Gasteiger partial charge in [-0.2, -0.15) is 0 Å². The number of aliphatic hydroxyl groups excluding tert-OH is 1. The van der Waals surface area contributed by atoms with Crippen molar-refractivity contribution in [1.29, 1.82) is 0 Å². The lowest BCUT2D eigenvalue weighted by molar-refractivity contribution is 0.0950. The Balaban J connectivity index is 2.01. The third kappa shape index (κ3) is 5.65. The van der Waals surface area contributed by atoms with Crippen molar-refractivity contribution in [2.75, 3.05) is 18.5 Å². The van der Waals surface area contributed by atoms with Crippen LogP contribution in [-0.4, -0.2) is 35.2 Å². The first kappa shape index (κ1) is 19.6. The van der Waals surface area contributed by atoms with Gasteiger partial charge < -0.3 is 15.7 Å². The van der Waals surface area contributed by atoms with E-state index in [0.29, 0.717) is 29.8 Å². The molecule has 2 amide bonds. The first-order valence-electron chi connectivity index (χ1n) is 8.18. The molecule has 0 atom stereocenters. The number of nitrogens with one attached hydrogen (secondary N) is 3. The molecular weight excluding hydrogens is 350 g/mol.